The molecule has 0 saturated carbocycles. The van der Waals surface area contributed by atoms with Crippen molar-refractivity contribution in [3.63, 3.8) is 0 Å². The van der Waals surface area contributed by atoms with Crippen LogP contribution in [0.2, 0.25) is 0 Å². The van der Waals surface area contributed by atoms with E-state index in [2.05, 4.69) is 10.2 Å². The topological polar surface area (TPSA) is 74.7 Å². The highest BCUT2D eigenvalue weighted by Crippen LogP contribution is 2.44. The fourth-order valence-electron chi connectivity index (χ4n) is 4.25. The summed E-state index contributed by atoms with van der Waals surface area (Å²) >= 11 is 0. The molecule has 32 heavy (non-hydrogen) atoms. The third-order valence-electron chi connectivity index (χ3n) is 5.48. The van der Waals surface area contributed by atoms with Crippen molar-refractivity contribution in [1.29, 1.82) is 0 Å². The van der Waals surface area contributed by atoms with Gasteiger partial charge in [-0.1, -0.05) is 30.4 Å². The molecule has 13 heteroatoms. The summed E-state index contributed by atoms with van der Waals surface area (Å²) in [7, 11) is 0. The first-order valence-corrected chi connectivity index (χ1v) is 9.23. The highest BCUT2D eigenvalue weighted by Gasteiger charge is 2.48. The van der Waals surface area contributed by atoms with E-state index in [4.69, 9.17) is 0 Å². The Bertz CT molecular complexity index is 1380. The minimum absolute atomic E-state index is 0.176. The molecule has 1 aromatic carbocycles. The van der Waals surface area contributed by atoms with Crippen molar-refractivity contribution in [1.82, 2.24) is 24.1 Å². The summed E-state index contributed by atoms with van der Waals surface area (Å²) in [6.45, 7) is 0. The van der Waals surface area contributed by atoms with E-state index in [1.54, 1.807) is 18.2 Å². The van der Waals surface area contributed by atoms with Crippen molar-refractivity contribution >= 4 is 0 Å². The molecule has 2 atom stereocenters. The lowest BCUT2D eigenvalue weighted by Gasteiger charge is -2.23. The molecule has 7 nitrogen and oxygen atoms in total. The van der Waals surface area contributed by atoms with E-state index in [0.29, 0.717) is 0 Å². The number of alkyl halides is 6. The van der Waals surface area contributed by atoms with Crippen LogP contribution in [0.5, 0.6) is 0 Å². The minimum atomic E-state index is -5.13. The van der Waals surface area contributed by atoms with Gasteiger partial charge in [0.1, 0.15) is 6.04 Å². The predicted molar refractivity (Wildman–Crippen MR) is 96.3 cm³/mol. The number of hydrogen-bond donors (Lipinski definition) is 0. The van der Waals surface area contributed by atoms with Gasteiger partial charge in [-0.2, -0.15) is 26.3 Å². The SMILES string of the molecule is O=c1n(-c2ccccc2)c(=O)n2n1[C@@H]1C=C[C@H]2c2c(C(F)(F)F)nnc(C(F)(F)F)c2C1. The Hall–Kier alpha value is -3.64. The molecule has 0 N–H and O–H groups in total. The zero-order valence-corrected chi connectivity index (χ0v) is 15.7. The molecule has 0 amide bonds. The van der Waals surface area contributed by atoms with Crippen LogP contribution in [0.15, 0.2) is 52.1 Å². The number of hydrogen-bond acceptors (Lipinski definition) is 4. The van der Waals surface area contributed by atoms with Gasteiger partial charge >= 0.3 is 23.7 Å². The molecule has 2 bridgehead atoms. The smallest absolute Gasteiger partial charge is 0.245 e. The quantitative estimate of drug-likeness (QED) is 0.418. The van der Waals surface area contributed by atoms with E-state index < -0.39 is 64.8 Å². The number of allylic oxidation sites excluding steroid dienone is 2. The molecule has 0 spiro atoms. The van der Waals surface area contributed by atoms with Crippen LogP contribution < -0.4 is 11.4 Å². The van der Waals surface area contributed by atoms with Gasteiger partial charge < -0.3 is 0 Å². The average molecular weight is 455 g/mol. The molecular weight excluding hydrogens is 444 g/mol. The molecule has 3 aliphatic rings. The Morgan fingerprint density at radius 2 is 1.41 bits per heavy atom. The summed E-state index contributed by atoms with van der Waals surface area (Å²) in [4.78, 5) is 26.2. The maximum absolute atomic E-state index is 13.7. The molecule has 166 valence electrons. The highest BCUT2D eigenvalue weighted by atomic mass is 19.4. The molecule has 3 aromatic rings. The van der Waals surface area contributed by atoms with Crippen LogP contribution in [0.4, 0.5) is 26.3 Å². The molecule has 2 aromatic heterocycles. The molecule has 0 saturated heterocycles. The summed E-state index contributed by atoms with van der Waals surface area (Å²) in [6.07, 6.45) is -8.32. The van der Waals surface area contributed by atoms with Crippen molar-refractivity contribution in [2.45, 2.75) is 30.9 Å². The Labute approximate surface area is 173 Å². The van der Waals surface area contributed by atoms with Crippen LogP contribution in [0.1, 0.15) is 34.6 Å². The van der Waals surface area contributed by atoms with Gasteiger partial charge in [0.05, 0.1) is 11.7 Å². The van der Waals surface area contributed by atoms with E-state index in [-0.39, 0.29) is 5.69 Å². The Morgan fingerprint density at radius 1 is 0.812 bits per heavy atom. The zero-order valence-electron chi connectivity index (χ0n) is 15.7. The van der Waals surface area contributed by atoms with Gasteiger partial charge in [-0.15, -0.1) is 10.2 Å². The van der Waals surface area contributed by atoms with Crippen LogP contribution in [0.3, 0.4) is 0 Å². The van der Waals surface area contributed by atoms with Gasteiger partial charge in [-0.05, 0) is 17.7 Å². The van der Waals surface area contributed by atoms with E-state index in [1.165, 1.54) is 24.3 Å². The molecule has 1 aliphatic carbocycles. The summed E-state index contributed by atoms with van der Waals surface area (Å²) in [5, 5.41) is 5.66. The third-order valence-corrected chi connectivity index (χ3v) is 5.48. The zero-order chi connectivity index (χ0) is 23.0. The van der Waals surface area contributed by atoms with Gasteiger partial charge in [-0.25, -0.2) is 23.5 Å². The van der Waals surface area contributed by atoms with Crippen LogP contribution in [0, 0.1) is 0 Å². The molecule has 0 fully saturated rings. The second-order valence-electron chi connectivity index (χ2n) is 7.31. The lowest BCUT2D eigenvalue weighted by atomic mass is 9.96. The summed E-state index contributed by atoms with van der Waals surface area (Å²) in [5.74, 6) is 0. The van der Waals surface area contributed by atoms with E-state index >= 15 is 0 Å². The Balaban J connectivity index is 1.86. The summed E-state index contributed by atoms with van der Waals surface area (Å²) < 4.78 is 84.3. The standard InChI is InChI=1S/C19H11F6N5O2/c20-18(21,22)14-11-8-10-6-7-12(13(11)15(27-26-14)19(23,24)25)30-17(32)28(16(31)29(10)30)9-4-2-1-3-5-9/h1-7,10,12H,8H2/t10-,12+/m1/s1. The average Bonchev–Trinajstić information content (AvgIpc) is 2.85. The van der Waals surface area contributed by atoms with Gasteiger partial charge in [0.15, 0.2) is 11.4 Å². The predicted octanol–water partition coefficient (Wildman–Crippen LogP) is 2.88. The normalized spacial score (nSPS) is 19.6. The molecule has 4 heterocycles. The number of aromatic nitrogens is 5. The lowest BCUT2D eigenvalue weighted by molar-refractivity contribution is -0.149. The first-order chi connectivity index (χ1) is 15.0. The van der Waals surface area contributed by atoms with Crippen molar-refractivity contribution in [3.8, 4) is 5.69 Å². The van der Waals surface area contributed by atoms with E-state index in [0.717, 1.165) is 13.9 Å². The molecule has 2 aliphatic heterocycles. The van der Waals surface area contributed by atoms with Crippen LogP contribution in [-0.2, 0) is 18.8 Å². The van der Waals surface area contributed by atoms with Crippen molar-refractivity contribution < 1.29 is 26.3 Å². The maximum atomic E-state index is 13.7. The first-order valence-electron chi connectivity index (χ1n) is 9.23. The number of nitrogens with zero attached hydrogens (tertiary/aromatic N) is 5. The van der Waals surface area contributed by atoms with Gasteiger partial charge in [0.2, 0.25) is 0 Å². The summed E-state index contributed by atoms with van der Waals surface area (Å²) in [5.41, 5.74) is -6.45. The van der Waals surface area contributed by atoms with Crippen molar-refractivity contribution in [2.75, 3.05) is 0 Å². The monoisotopic (exact) mass is 455 g/mol. The second kappa shape index (κ2) is 6.43. The fourth-order valence-corrected chi connectivity index (χ4v) is 4.25. The van der Waals surface area contributed by atoms with Crippen LogP contribution in [0.25, 0.3) is 5.69 Å². The van der Waals surface area contributed by atoms with E-state index in [9.17, 15) is 35.9 Å². The largest absolute Gasteiger partial charge is 0.435 e. The number of rotatable bonds is 1. The number of halogens is 6. The number of para-hydroxylation sites is 1. The molecule has 6 rings (SSSR count). The van der Waals surface area contributed by atoms with E-state index in [1.807, 2.05) is 0 Å². The van der Waals surface area contributed by atoms with Gasteiger partial charge in [0, 0.05) is 12.0 Å². The third kappa shape index (κ3) is 2.76. The molecule has 0 radical (unpaired) electrons. The minimum Gasteiger partial charge on any atom is -0.245 e. The Kier molecular flexibility index (Phi) is 4.08. The van der Waals surface area contributed by atoms with Crippen LogP contribution >= 0.6 is 0 Å². The molecule has 0 unspecified atom stereocenters. The lowest BCUT2D eigenvalue weighted by Crippen LogP contribution is -2.34. The van der Waals surface area contributed by atoms with Gasteiger partial charge in [-0.3, -0.25) is 0 Å². The highest BCUT2D eigenvalue weighted by molar-refractivity contribution is 5.44. The Morgan fingerprint density at radius 3 is 2.03 bits per heavy atom. The number of benzene rings is 1. The molecular formula is C19H11F6N5O2. The summed E-state index contributed by atoms with van der Waals surface area (Å²) in [6, 6.07) is 4.93. The van der Waals surface area contributed by atoms with Crippen LogP contribution in [-0.4, -0.2) is 24.1 Å². The fraction of sp³-hybridized carbons (Fsp3) is 0.263. The maximum Gasteiger partial charge on any atom is 0.435 e. The van der Waals surface area contributed by atoms with Gasteiger partial charge in [0.25, 0.3) is 0 Å². The van der Waals surface area contributed by atoms with Crippen molar-refractivity contribution in [3.05, 3.63) is 86.0 Å². The second-order valence-corrected chi connectivity index (χ2v) is 7.31. The van der Waals surface area contributed by atoms with Crippen molar-refractivity contribution in [2.24, 2.45) is 0 Å². The first kappa shape index (κ1) is 20.3.